The van der Waals surface area contributed by atoms with E-state index in [1.165, 1.54) is 31.4 Å². The number of esters is 1. The van der Waals surface area contributed by atoms with Crippen LogP contribution in [0.15, 0.2) is 52.2 Å². The van der Waals surface area contributed by atoms with Gasteiger partial charge in [0, 0.05) is 18.7 Å². The van der Waals surface area contributed by atoms with Crippen LogP contribution in [-0.4, -0.2) is 49.0 Å². The molecule has 0 atom stereocenters. The number of methoxy groups -OCH3 is 1. The van der Waals surface area contributed by atoms with E-state index in [-0.39, 0.29) is 34.7 Å². The highest BCUT2D eigenvalue weighted by molar-refractivity contribution is 7.89. The molecule has 0 unspecified atom stereocenters. The van der Waals surface area contributed by atoms with Crippen LogP contribution in [0.2, 0.25) is 0 Å². The Balaban J connectivity index is 1.98. The zero-order chi connectivity index (χ0) is 22.8. The molecule has 0 aliphatic carbocycles. The molecule has 1 heterocycles. The van der Waals surface area contributed by atoms with E-state index in [0.29, 0.717) is 5.52 Å². The molecule has 0 aliphatic heterocycles. The van der Waals surface area contributed by atoms with Gasteiger partial charge in [0.15, 0.2) is 0 Å². The Bertz CT molecular complexity index is 1280. The maximum atomic E-state index is 13.1. The zero-order valence-corrected chi connectivity index (χ0v) is 18.3. The van der Waals surface area contributed by atoms with Gasteiger partial charge in [-0.2, -0.15) is 4.31 Å². The minimum Gasteiger partial charge on any atom is -0.465 e. The van der Waals surface area contributed by atoms with E-state index in [2.05, 4.69) is 9.72 Å². The fourth-order valence-electron chi connectivity index (χ4n) is 3.30. The summed E-state index contributed by atoms with van der Waals surface area (Å²) in [6.45, 7) is 3.05. The Labute approximate surface area is 180 Å². The lowest BCUT2D eigenvalue weighted by atomic mass is 10.0. The summed E-state index contributed by atoms with van der Waals surface area (Å²) in [5.74, 6) is -0.579. The SMILES string of the molecule is COC(=O)c1ccc(S(=O)(=O)N(CCO)Cc2cc3ccc(C)c(C)c3[nH]c2=O)cc1. The van der Waals surface area contributed by atoms with Gasteiger partial charge in [-0.05, 0) is 60.7 Å². The first-order valence-corrected chi connectivity index (χ1v) is 11.0. The maximum Gasteiger partial charge on any atom is 0.337 e. The number of nitrogens with zero attached hydrogens (tertiary/aromatic N) is 1. The van der Waals surface area contributed by atoms with Crippen molar-refractivity contribution in [3.8, 4) is 0 Å². The molecule has 2 N–H and O–H groups in total. The normalized spacial score (nSPS) is 11.8. The zero-order valence-electron chi connectivity index (χ0n) is 17.5. The number of carbonyl (C=O) groups is 1. The number of fused-ring (bicyclic) bond motifs is 1. The van der Waals surface area contributed by atoms with Crippen LogP contribution in [0.25, 0.3) is 10.9 Å². The van der Waals surface area contributed by atoms with Crippen LogP contribution in [-0.2, 0) is 21.3 Å². The third-order valence-corrected chi connectivity index (χ3v) is 7.10. The summed E-state index contributed by atoms with van der Waals surface area (Å²) in [5.41, 5.74) is 2.79. The lowest BCUT2D eigenvalue weighted by molar-refractivity contribution is 0.0600. The smallest absolute Gasteiger partial charge is 0.337 e. The number of sulfonamides is 1. The molecule has 0 fully saturated rings. The Hall–Kier alpha value is -3.01. The molecule has 3 rings (SSSR count). The first-order chi connectivity index (χ1) is 14.7. The molecule has 0 bridgehead atoms. The summed E-state index contributed by atoms with van der Waals surface area (Å²) >= 11 is 0. The Morgan fingerprint density at radius 1 is 1.13 bits per heavy atom. The number of aliphatic hydroxyl groups is 1. The number of aromatic amines is 1. The highest BCUT2D eigenvalue weighted by Crippen LogP contribution is 2.22. The number of carbonyl (C=O) groups excluding carboxylic acids is 1. The van der Waals surface area contributed by atoms with Crippen molar-refractivity contribution < 1.29 is 23.1 Å². The van der Waals surface area contributed by atoms with E-state index < -0.39 is 22.6 Å². The Morgan fingerprint density at radius 2 is 1.81 bits per heavy atom. The molecule has 8 nitrogen and oxygen atoms in total. The minimum atomic E-state index is -4.03. The number of pyridine rings is 1. The van der Waals surface area contributed by atoms with E-state index in [9.17, 15) is 23.1 Å². The van der Waals surface area contributed by atoms with Gasteiger partial charge in [0.05, 0.1) is 29.7 Å². The molecular weight excluding hydrogens is 420 g/mol. The lowest BCUT2D eigenvalue weighted by Crippen LogP contribution is -2.35. The number of hydrogen-bond acceptors (Lipinski definition) is 6. The van der Waals surface area contributed by atoms with Crippen LogP contribution in [0.4, 0.5) is 0 Å². The van der Waals surface area contributed by atoms with Crippen LogP contribution < -0.4 is 5.56 Å². The third kappa shape index (κ3) is 4.53. The summed E-state index contributed by atoms with van der Waals surface area (Å²) in [4.78, 5) is 27.0. The van der Waals surface area contributed by atoms with Crippen molar-refractivity contribution in [1.82, 2.24) is 9.29 Å². The monoisotopic (exact) mass is 444 g/mol. The summed E-state index contributed by atoms with van der Waals surface area (Å²) < 4.78 is 31.9. The Morgan fingerprint density at radius 3 is 2.42 bits per heavy atom. The molecule has 0 aliphatic rings. The van der Waals surface area contributed by atoms with Crippen molar-refractivity contribution in [2.75, 3.05) is 20.3 Å². The summed E-state index contributed by atoms with van der Waals surface area (Å²) in [5, 5.41) is 10.2. The molecule has 164 valence electrons. The predicted octanol–water partition coefficient (Wildman–Crippen LogP) is 2.11. The van der Waals surface area contributed by atoms with Crippen LogP contribution in [0.3, 0.4) is 0 Å². The van der Waals surface area contributed by atoms with E-state index in [4.69, 9.17) is 0 Å². The van der Waals surface area contributed by atoms with Gasteiger partial charge in [0.2, 0.25) is 10.0 Å². The average Bonchev–Trinajstić information content (AvgIpc) is 2.76. The first kappa shape index (κ1) is 22.7. The van der Waals surface area contributed by atoms with Crippen LogP contribution in [0.5, 0.6) is 0 Å². The average molecular weight is 445 g/mol. The number of H-pyrrole nitrogens is 1. The molecular formula is C22H24N2O6S. The number of benzene rings is 2. The van der Waals surface area contributed by atoms with Gasteiger partial charge >= 0.3 is 5.97 Å². The Kier molecular flexibility index (Phi) is 6.59. The van der Waals surface area contributed by atoms with Crippen LogP contribution in [0, 0.1) is 13.8 Å². The molecule has 0 radical (unpaired) electrons. The van der Waals surface area contributed by atoms with Crippen molar-refractivity contribution in [1.29, 1.82) is 0 Å². The second kappa shape index (κ2) is 9.01. The van der Waals surface area contributed by atoms with Crippen molar-refractivity contribution in [3.05, 3.63) is 75.1 Å². The van der Waals surface area contributed by atoms with Crippen molar-refractivity contribution in [2.24, 2.45) is 0 Å². The summed E-state index contributed by atoms with van der Waals surface area (Å²) in [6, 6.07) is 10.8. The summed E-state index contributed by atoms with van der Waals surface area (Å²) in [6.07, 6.45) is 0. The van der Waals surface area contributed by atoms with Crippen LogP contribution >= 0.6 is 0 Å². The van der Waals surface area contributed by atoms with Gasteiger partial charge < -0.3 is 14.8 Å². The second-order valence-corrected chi connectivity index (χ2v) is 9.11. The van der Waals surface area contributed by atoms with Gasteiger partial charge in [0.25, 0.3) is 5.56 Å². The maximum absolute atomic E-state index is 13.1. The van der Waals surface area contributed by atoms with Gasteiger partial charge in [-0.1, -0.05) is 12.1 Å². The number of aryl methyl sites for hydroxylation is 2. The number of nitrogens with one attached hydrogen (secondary N) is 1. The molecule has 1 aromatic heterocycles. The number of aliphatic hydroxyl groups excluding tert-OH is 1. The van der Waals surface area contributed by atoms with E-state index in [0.717, 1.165) is 20.8 Å². The van der Waals surface area contributed by atoms with Gasteiger partial charge in [0.1, 0.15) is 0 Å². The fraction of sp³-hybridized carbons (Fsp3) is 0.273. The van der Waals surface area contributed by atoms with Gasteiger partial charge in [-0.15, -0.1) is 0 Å². The van der Waals surface area contributed by atoms with Crippen molar-refractivity contribution in [2.45, 2.75) is 25.3 Å². The standard InChI is InChI=1S/C22H24N2O6S/c1-14-4-5-17-12-18(21(26)23-20(17)15(14)2)13-24(10-11-25)31(28,29)19-8-6-16(7-9-19)22(27)30-3/h4-9,12,25H,10-11,13H2,1-3H3,(H,23,26). The molecule has 31 heavy (non-hydrogen) atoms. The molecule has 0 saturated heterocycles. The lowest BCUT2D eigenvalue weighted by Gasteiger charge is -2.21. The molecule has 2 aromatic carbocycles. The van der Waals surface area contributed by atoms with E-state index in [1.54, 1.807) is 6.07 Å². The molecule has 0 saturated carbocycles. The first-order valence-electron chi connectivity index (χ1n) is 9.60. The van der Waals surface area contributed by atoms with Crippen molar-refractivity contribution >= 4 is 26.9 Å². The highest BCUT2D eigenvalue weighted by Gasteiger charge is 2.26. The molecule has 0 amide bonds. The molecule has 0 spiro atoms. The van der Waals surface area contributed by atoms with Crippen LogP contribution in [0.1, 0.15) is 27.0 Å². The predicted molar refractivity (Wildman–Crippen MR) is 117 cm³/mol. The fourth-order valence-corrected chi connectivity index (χ4v) is 4.71. The molecule has 9 heteroatoms. The third-order valence-electron chi connectivity index (χ3n) is 5.24. The number of ether oxygens (including phenoxy) is 1. The van der Waals surface area contributed by atoms with Gasteiger partial charge in [-0.3, -0.25) is 4.79 Å². The van der Waals surface area contributed by atoms with E-state index in [1.807, 2.05) is 26.0 Å². The highest BCUT2D eigenvalue weighted by atomic mass is 32.2. The minimum absolute atomic E-state index is 0.0581. The molecule has 3 aromatic rings. The largest absolute Gasteiger partial charge is 0.465 e. The number of rotatable bonds is 7. The second-order valence-electron chi connectivity index (χ2n) is 7.17. The quantitative estimate of drug-likeness (QED) is 0.539. The number of hydrogen-bond donors (Lipinski definition) is 2. The van der Waals surface area contributed by atoms with Gasteiger partial charge in [-0.25, -0.2) is 13.2 Å². The number of aromatic nitrogens is 1. The topological polar surface area (TPSA) is 117 Å². The summed E-state index contributed by atoms with van der Waals surface area (Å²) in [7, 11) is -2.79. The van der Waals surface area contributed by atoms with Crippen molar-refractivity contribution in [3.63, 3.8) is 0 Å². The van der Waals surface area contributed by atoms with E-state index >= 15 is 0 Å².